The summed E-state index contributed by atoms with van der Waals surface area (Å²) in [5.41, 5.74) is 5.13. The van der Waals surface area contributed by atoms with Crippen molar-refractivity contribution in [1.29, 1.82) is 0 Å². The number of carbonyl (C=O) groups excluding carboxylic acids is 1. The summed E-state index contributed by atoms with van der Waals surface area (Å²) in [6.45, 7) is 2.28. The summed E-state index contributed by atoms with van der Waals surface area (Å²) in [4.78, 5) is 22.0. The molecule has 1 saturated carbocycles. The second-order valence-electron chi connectivity index (χ2n) is 9.06. The zero-order chi connectivity index (χ0) is 25.5. The number of anilines is 1. The predicted octanol–water partition coefficient (Wildman–Crippen LogP) is 3.31. The van der Waals surface area contributed by atoms with Gasteiger partial charge in [0.2, 0.25) is 0 Å². The van der Waals surface area contributed by atoms with Gasteiger partial charge in [-0.05, 0) is 31.4 Å². The van der Waals surface area contributed by atoms with Crippen molar-refractivity contribution in [3.8, 4) is 22.5 Å². The molecule has 0 aliphatic heterocycles. The Morgan fingerprint density at radius 3 is 2.62 bits per heavy atom. The molecule has 37 heavy (non-hydrogen) atoms. The van der Waals surface area contributed by atoms with Crippen LogP contribution in [0.15, 0.2) is 67.0 Å². The number of benzene rings is 2. The Hall–Kier alpha value is -3.79. The Morgan fingerprint density at radius 2 is 1.86 bits per heavy atom. The van der Waals surface area contributed by atoms with Crippen molar-refractivity contribution in [3.05, 3.63) is 72.6 Å². The Labute approximate surface area is 215 Å². The molecule has 0 radical (unpaired) electrons. The summed E-state index contributed by atoms with van der Waals surface area (Å²) in [6.07, 6.45) is 6.76. The molecule has 1 fully saturated rings. The number of fused-ring (bicyclic) bond motifs is 1. The van der Waals surface area contributed by atoms with Crippen molar-refractivity contribution >= 4 is 17.4 Å². The molecule has 5 rings (SSSR count). The minimum atomic E-state index is -0.0256. The molecule has 0 saturated heterocycles. The lowest BCUT2D eigenvalue weighted by atomic mass is 10.1. The summed E-state index contributed by atoms with van der Waals surface area (Å²) in [6, 6.07) is 18.0. The molecule has 2 aromatic heterocycles. The molecule has 0 atom stereocenters. The minimum absolute atomic E-state index is 0.0256. The number of carbonyl (C=O) groups is 1. The van der Waals surface area contributed by atoms with Crippen molar-refractivity contribution in [2.45, 2.75) is 25.3 Å². The average Bonchev–Trinajstić information content (AvgIpc) is 3.65. The van der Waals surface area contributed by atoms with Gasteiger partial charge in [0, 0.05) is 42.0 Å². The molecular weight excluding hydrogens is 468 g/mol. The first kappa shape index (κ1) is 24.9. The summed E-state index contributed by atoms with van der Waals surface area (Å²) in [5.74, 6) is 0.675. The first-order valence-corrected chi connectivity index (χ1v) is 12.7. The zero-order valence-electron chi connectivity index (χ0n) is 20.7. The van der Waals surface area contributed by atoms with Crippen LogP contribution in [0, 0.1) is 0 Å². The van der Waals surface area contributed by atoms with Gasteiger partial charge in [-0.3, -0.25) is 14.5 Å². The van der Waals surface area contributed by atoms with E-state index in [2.05, 4.69) is 20.9 Å². The fraction of sp³-hybridized carbons (Fsp3) is 0.321. The molecule has 192 valence electrons. The van der Waals surface area contributed by atoms with Gasteiger partial charge in [0.15, 0.2) is 11.5 Å². The number of hydrogen-bond donors (Lipinski definition) is 4. The second kappa shape index (κ2) is 12.0. The quantitative estimate of drug-likeness (QED) is 0.165. The van der Waals surface area contributed by atoms with E-state index in [0.717, 1.165) is 47.4 Å². The first-order valence-electron chi connectivity index (χ1n) is 12.7. The third kappa shape index (κ3) is 6.32. The van der Waals surface area contributed by atoms with Gasteiger partial charge in [-0.1, -0.05) is 42.5 Å². The normalized spacial score (nSPS) is 13.1. The first-order chi connectivity index (χ1) is 18.2. The van der Waals surface area contributed by atoms with Crippen LogP contribution in [0.2, 0.25) is 0 Å². The highest BCUT2D eigenvalue weighted by molar-refractivity contribution is 5.95. The predicted molar refractivity (Wildman–Crippen MR) is 143 cm³/mol. The fourth-order valence-corrected chi connectivity index (χ4v) is 4.03. The molecule has 1 amide bonds. The lowest BCUT2D eigenvalue weighted by Crippen LogP contribution is -2.25. The molecule has 4 N–H and O–H groups in total. The van der Waals surface area contributed by atoms with E-state index in [1.165, 1.54) is 0 Å². The van der Waals surface area contributed by atoms with Crippen molar-refractivity contribution < 1.29 is 14.6 Å². The van der Waals surface area contributed by atoms with Gasteiger partial charge >= 0.3 is 0 Å². The molecule has 0 spiro atoms. The van der Waals surface area contributed by atoms with E-state index in [1.54, 1.807) is 0 Å². The van der Waals surface area contributed by atoms with E-state index in [-0.39, 0.29) is 12.5 Å². The zero-order valence-corrected chi connectivity index (χ0v) is 20.7. The van der Waals surface area contributed by atoms with Crippen LogP contribution in [-0.2, 0) is 4.74 Å². The topological polar surface area (TPSA) is 113 Å². The smallest absolute Gasteiger partial charge is 0.251 e. The Morgan fingerprint density at radius 1 is 1.05 bits per heavy atom. The van der Waals surface area contributed by atoms with Gasteiger partial charge in [0.05, 0.1) is 37.5 Å². The number of aliphatic hydroxyl groups is 1. The fourth-order valence-electron chi connectivity index (χ4n) is 4.03. The minimum Gasteiger partial charge on any atom is -0.395 e. The van der Waals surface area contributed by atoms with Crippen molar-refractivity contribution in [1.82, 2.24) is 25.0 Å². The summed E-state index contributed by atoms with van der Waals surface area (Å²) < 4.78 is 7.58. The molecule has 9 heteroatoms. The van der Waals surface area contributed by atoms with Crippen LogP contribution < -0.4 is 16.0 Å². The Bertz CT molecular complexity index is 1320. The molecule has 2 aromatic carbocycles. The number of aliphatic hydroxyl groups excluding tert-OH is 1. The molecule has 0 bridgehead atoms. The summed E-state index contributed by atoms with van der Waals surface area (Å²) in [7, 11) is 0. The maximum Gasteiger partial charge on any atom is 0.251 e. The number of hydrogen-bond acceptors (Lipinski definition) is 7. The highest BCUT2D eigenvalue weighted by Gasteiger charge is 2.23. The number of rotatable bonds is 13. The van der Waals surface area contributed by atoms with Gasteiger partial charge in [-0.25, -0.2) is 9.97 Å². The molecule has 1 aliphatic rings. The third-order valence-electron chi connectivity index (χ3n) is 6.17. The van der Waals surface area contributed by atoms with Gasteiger partial charge < -0.3 is 20.5 Å². The largest absolute Gasteiger partial charge is 0.395 e. The van der Waals surface area contributed by atoms with E-state index < -0.39 is 0 Å². The van der Waals surface area contributed by atoms with E-state index in [0.29, 0.717) is 43.9 Å². The van der Waals surface area contributed by atoms with Gasteiger partial charge in [-0.2, -0.15) is 0 Å². The van der Waals surface area contributed by atoms with Gasteiger partial charge in [0.25, 0.3) is 5.91 Å². The van der Waals surface area contributed by atoms with E-state index >= 15 is 0 Å². The molecule has 9 nitrogen and oxygen atoms in total. The van der Waals surface area contributed by atoms with E-state index in [9.17, 15) is 4.79 Å². The molecule has 2 heterocycles. The number of amides is 1. The Kier molecular flexibility index (Phi) is 8.05. The van der Waals surface area contributed by atoms with Crippen molar-refractivity contribution in [2.24, 2.45) is 0 Å². The number of ether oxygens (including phenoxy) is 1. The Balaban J connectivity index is 1.37. The number of nitrogens with one attached hydrogen (secondary N) is 3. The molecular formula is C28H32N6O3. The maximum absolute atomic E-state index is 12.4. The van der Waals surface area contributed by atoms with Crippen molar-refractivity contribution in [2.75, 3.05) is 38.4 Å². The van der Waals surface area contributed by atoms with Crippen LogP contribution in [0.4, 0.5) is 5.82 Å². The van der Waals surface area contributed by atoms with E-state index in [1.807, 2.05) is 71.4 Å². The molecule has 0 unspecified atom stereocenters. The maximum atomic E-state index is 12.4. The van der Waals surface area contributed by atoms with Crippen LogP contribution in [0.5, 0.6) is 0 Å². The molecule has 4 aromatic rings. The van der Waals surface area contributed by atoms with Gasteiger partial charge in [0.1, 0.15) is 0 Å². The lowest BCUT2D eigenvalue weighted by molar-refractivity contribution is 0.0951. The highest BCUT2D eigenvalue weighted by Crippen LogP contribution is 2.28. The van der Waals surface area contributed by atoms with Crippen LogP contribution in [0.25, 0.3) is 28.2 Å². The number of imidazole rings is 1. The highest BCUT2D eigenvalue weighted by atomic mass is 16.5. The second-order valence-corrected chi connectivity index (χ2v) is 9.06. The van der Waals surface area contributed by atoms with Crippen LogP contribution in [0.3, 0.4) is 0 Å². The van der Waals surface area contributed by atoms with Crippen LogP contribution >= 0.6 is 0 Å². The standard InChI is InChI=1S/C28H32N6O3/c35-15-14-29-19-37-16-4-13-30-26-27-31-17-25(34(27)18-24(33-26)20-5-2-1-3-6-20)21-7-9-22(10-8-21)28(36)32-23-11-12-23/h1-3,5-10,17-18,23,29,35H,4,11-16,19H2,(H,30,33)(H,32,36). The SMILES string of the molecule is O=C(NC1CC1)c1ccc(-c2cnc3c(NCCCOCNCCO)nc(-c4ccccc4)cn23)cc1. The number of nitrogens with zero attached hydrogens (tertiary/aromatic N) is 3. The monoisotopic (exact) mass is 500 g/mol. The lowest BCUT2D eigenvalue weighted by Gasteiger charge is -2.12. The summed E-state index contributed by atoms with van der Waals surface area (Å²) >= 11 is 0. The number of aromatic nitrogens is 3. The van der Waals surface area contributed by atoms with Crippen LogP contribution in [0.1, 0.15) is 29.6 Å². The third-order valence-corrected chi connectivity index (χ3v) is 6.17. The average molecular weight is 501 g/mol. The molecule has 1 aliphatic carbocycles. The van der Waals surface area contributed by atoms with Crippen molar-refractivity contribution in [3.63, 3.8) is 0 Å². The van der Waals surface area contributed by atoms with Gasteiger partial charge in [-0.15, -0.1) is 0 Å². The summed E-state index contributed by atoms with van der Waals surface area (Å²) in [5, 5.41) is 18.3. The van der Waals surface area contributed by atoms with Crippen LogP contribution in [-0.4, -0.2) is 64.5 Å². The van der Waals surface area contributed by atoms with E-state index in [4.69, 9.17) is 14.8 Å².